The maximum atomic E-state index is 11.3. The standard InChI is InChI=1S/C21H17NO4S/c1-2-24-17-7-4-15(5-8-17)21-22-16(13-27-21)12-25-18-9-3-14-6-10-20(23)26-19(14)11-18/h3-11,13H,2,12H2,1H3. The summed E-state index contributed by atoms with van der Waals surface area (Å²) in [5.74, 6) is 1.48. The van der Waals surface area contributed by atoms with Gasteiger partial charge < -0.3 is 13.9 Å². The minimum absolute atomic E-state index is 0.343. The van der Waals surface area contributed by atoms with Crippen LogP contribution in [0.5, 0.6) is 11.5 Å². The minimum Gasteiger partial charge on any atom is -0.494 e. The van der Waals surface area contributed by atoms with Crippen molar-refractivity contribution in [3.8, 4) is 22.1 Å². The van der Waals surface area contributed by atoms with Crippen LogP contribution < -0.4 is 15.1 Å². The number of hydrogen-bond donors (Lipinski definition) is 0. The SMILES string of the molecule is CCOc1ccc(-c2nc(COc3ccc4ccc(=O)oc4c3)cs2)cc1. The summed E-state index contributed by atoms with van der Waals surface area (Å²) in [5, 5.41) is 3.77. The van der Waals surface area contributed by atoms with Gasteiger partial charge in [0, 0.05) is 28.5 Å². The molecule has 0 radical (unpaired) electrons. The van der Waals surface area contributed by atoms with Crippen LogP contribution in [0.3, 0.4) is 0 Å². The van der Waals surface area contributed by atoms with Gasteiger partial charge in [-0.2, -0.15) is 0 Å². The monoisotopic (exact) mass is 379 g/mol. The Labute approximate surface area is 159 Å². The van der Waals surface area contributed by atoms with Gasteiger partial charge in [-0.3, -0.25) is 0 Å². The highest BCUT2D eigenvalue weighted by Gasteiger charge is 2.07. The molecule has 2 aromatic heterocycles. The van der Waals surface area contributed by atoms with Gasteiger partial charge in [-0.25, -0.2) is 9.78 Å². The van der Waals surface area contributed by atoms with Crippen LogP contribution in [0.25, 0.3) is 21.5 Å². The van der Waals surface area contributed by atoms with Crippen molar-refractivity contribution in [2.75, 3.05) is 6.61 Å². The molecule has 0 aliphatic heterocycles. The van der Waals surface area contributed by atoms with E-state index in [2.05, 4.69) is 4.98 Å². The second-order valence-electron chi connectivity index (χ2n) is 5.84. The Hall–Kier alpha value is -3.12. The molecule has 6 heteroatoms. The third-order valence-electron chi connectivity index (χ3n) is 3.95. The molecule has 0 aliphatic carbocycles. The van der Waals surface area contributed by atoms with Gasteiger partial charge in [-0.05, 0) is 49.4 Å². The second kappa shape index (κ2) is 7.63. The number of aromatic nitrogens is 1. The van der Waals surface area contributed by atoms with Gasteiger partial charge in [0.2, 0.25) is 0 Å². The largest absolute Gasteiger partial charge is 0.494 e. The van der Waals surface area contributed by atoms with Crippen molar-refractivity contribution < 1.29 is 13.9 Å². The highest BCUT2D eigenvalue weighted by Crippen LogP contribution is 2.27. The molecule has 0 bridgehead atoms. The predicted molar refractivity (Wildman–Crippen MR) is 106 cm³/mol. The lowest BCUT2D eigenvalue weighted by Crippen LogP contribution is -1.97. The summed E-state index contributed by atoms with van der Waals surface area (Å²) in [6, 6.07) is 16.5. The van der Waals surface area contributed by atoms with E-state index in [1.807, 2.05) is 48.7 Å². The summed E-state index contributed by atoms with van der Waals surface area (Å²) >= 11 is 1.57. The average Bonchev–Trinajstić information content (AvgIpc) is 3.16. The van der Waals surface area contributed by atoms with E-state index in [9.17, 15) is 4.79 Å². The third kappa shape index (κ3) is 4.01. The number of benzene rings is 2. The van der Waals surface area contributed by atoms with Crippen molar-refractivity contribution in [1.29, 1.82) is 0 Å². The van der Waals surface area contributed by atoms with E-state index >= 15 is 0 Å². The van der Waals surface area contributed by atoms with Gasteiger partial charge in [0.15, 0.2) is 0 Å². The van der Waals surface area contributed by atoms with E-state index in [0.29, 0.717) is 24.5 Å². The summed E-state index contributed by atoms with van der Waals surface area (Å²) in [4.78, 5) is 16.0. The van der Waals surface area contributed by atoms with E-state index in [0.717, 1.165) is 27.4 Å². The first kappa shape index (κ1) is 17.3. The third-order valence-corrected chi connectivity index (χ3v) is 4.89. The minimum atomic E-state index is -0.376. The zero-order valence-electron chi connectivity index (χ0n) is 14.7. The molecule has 0 saturated carbocycles. The number of thiazole rings is 1. The molecule has 136 valence electrons. The summed E-state index contributed by atoms with van der Waals surface area (Å²) < 4.78 is 16.4. The normalized spacial score (nSPS) is 10.9. The van der Waals surface area contributed by atoms with Gasteiger partial charge in [0.1, 0.15) is 28.7 Å². The quantitative estimate of drug-likeness (QED) is 0.446. The van der Waals surface area contributed by atoms with Crippen LogP contribution in [0.4, 0.5) is 0 Å². The second-order valence-corrected chi connectivity index (χ2v) is 6.70. The van der Waals surface area contributed by atoms with Crippen molar-refractivity contribution >= 4 is 22.3 Å². The Morgan fingerprint density at radius 1 is 1.00 bits per heavy atom. The van der Waals surface area contributed by atoms with Crippen LogP contribution >= 0.6 is 11.3 Å². The number of nitrogens with zero attached hydrogens (tertiary/aromatic N) is 1. The Balaban J connectivity index is 1.45. The molecule has 0 atom stereocenters. The Kier molecular flexibility index (Phi) is 4.89. The molecular weight excluding hydrogens is 362 g/mol. The van der Waals surface area contributed by atoms with Crippen LogP contribution in [-0.4, -0.2) is 11.6 Å². The number of ether oxygens (including phenoxy) is 2. The van der Waals surface area contributed by atoms with Crippen LogP contribution in [-0.2, 0) is 6.61 Å². The maximum Gasteiger partial charge on any atom is 0.336 e. The molecule has 0 amide bonds. The summed E-state index contributed by atoms with van der Waals surface area (Å²) in [6.07, 6.45) is 0. The van der Waals surface area contributed by atoms with Gasteiger partial charge >= 0.3 is 5.63 Å². The van der Waals surface area contributed by atoms with Crippen molar-refractivity contribution in [2.24, 2.45) is 0 Å². The fraction of sp³-hybridized carbons (Fsp3) is 0.143. The molecule has 0 unspecified atom stereocenters. The predicted octanol–water partition coefficient (Wildman–Crippen LogP) is 4.89. The van der Waals surface area contributed by atoms with Gasteiger partial charge in [-0.1, -0.05) is 0 Å². The van der Waals surface area contributed by atoms with Gasteiger partial charge in [-0.15, -0.1) is 11.3 Å². The zero-order valence-corrected chi connectivity index (χ0v) is 15.5. The van der Waals surface area contributed by atoms with E-state index < -0.39 is 0 Å². The summed E-state index contributed by atoms with van der Waals surface area (Å²) in [6.45, 7) is 2.95. The van der Waals surface area contributed by atoms with Crippen LogP contribution in [0, 0.1) is 0 Å². The first-order chi connectivity index (χ1) is 13.2. The Morgan fingerprint density at radius 2 is 1.78 bits per heavy atom. The topological polar surface area (TPSA) is 61.6 Å². The fourth-order valence-corrected chi connectivity index (χ4v) is 3.46. The van der Waals surface area contributed by atoms with Crippen LogP contribution in [0.2, 0.25) is 0 Å². The number of hydrogen-bond acceptors (Lipinski definition) is 6. The van der Waals surface area contributed by atoms with E-state index in [4.69, 9.17) is 13.9 Å². The molecule has 0 saturated heterocycles. The molecule has 5 nitrogen and oxygen atoms in total. The summed E-state index contributed by atoms with van der Waals surface area (Å²) in [5.41, 5.74) is 2.02. The zero-order chi connectivity index (χ0) is 18.6. The highest BCUT2D eigenvalue weighted by molar-refractivity contribution is 7.13. The Bertz CT molecular complexity index is 1110. The van der Waals surface area contributed by atoms with Crippen LogP contribution in [0.15, 0.2) is 69.2 Å². The molecule has 0 N–H and O–H groups in total. The highest BCUT2D eigenvalue weighted by atomic mass is 32.1. The van der Waals surface area contributed by atoms with E-state index in [1.54, 1.807) is 23.5 Å². The average molecular weight is 379 g/mol. The van der Waals surface area contributed by atoms with Gasteiger partial charge in [0.05, 0.1) is 12.3 Å². The first-order valence-electron chi connectivity index (χ1n) is 8.55. The summed E-state index contributed by atoms with van der Waals surface area (Å²) in [7, 11) is 0. The molecule has 2 heterocycles. The molecule has 0 fully saturated rings. The maximum absolute atomic E-state index is 11.3. The van der Waals surface area contributed by atoms with Gasteiger partial charge in [0.25, 0.3) is 0 Å². The number of fused-ring (bicyclic) bond motifs is 1. The fourth-order valence-electron chi connectivity index (χ4n) is 2.65. The van der Waals surface area contributed by atoms with Crippen molar-refractivity contribution in [2.45, 2.75) is 13.5 Å². The Morgan fingerprint density at radius 3 is 2.59 bits per heavy atom. The first-order valence-corrected chi connectivity index (χ1v) is 9.43. The lowest BCUT2D eigenvalue weighted by molar-refractivity contribution is 0.302. The van der Waals surface area contributed by atoms with Crippen molar-refractivity contribution in [3.63, 3.8) is 0 Å². The van der Waals surface area contributed by atoms with Crippen LogP contribution in [0.1, 0.15) is 12.6 Å². The van der Waals surface area contributed by atoms with E-state index in [1.165, 1.54) is 6.07 Å². The van der Waals surface area contributed by atoms with Crippen molar-refractivity contribution in [3.05, 3.63) is 76.1 Å². The van der Waals surface area contributed by atoms with E-state index in [-0.39, 0.29) is 5.63 Å². The smallest absolute Gasteiger partial charge is 0.336 e. The molecule has 4 rings (SSSR count). The lowest BCUT2D eigenvalue weighted by Gasteiger charge is -2.05. The van der Waals surface area contributed by atoms with Crippen molar-refractivity contribution in [1.82, 2.24) is 4.98 Å². The molecule has 0 aliphatic rings. The molecular formula is C21H17NO4S. The molecule has 0 spiro atoms. The molecule has 4 aromatic rings. The number of rotatable bonds is 6. The lowest BCUT2D eigenvalue weighted by atomic mass is 10.2. The molecule has 2 aromatic carbocycles. The molecule has 27 heavy (non-hydrogen) atoms.